The number of amides is 1. The van der Waals surface area contributed by atoms with Gasteiger partial charge in [-0.15, -0.1) is 0 Å². The number of ether oxygens (including phenoxy) is 5. The zero-order chi connectivity index (χ0) is 21.5. The zero-order valence-corrected chi connectivity index (χ0v) is 17.0. The lowest BCUT2D eigenvalue weighted by Gasteiger charge is -2.13. The molecule has 0 saturated carbocycles. The minimum atomic E-state index is -0.641. The molecule has 8 nitrogen and oxygen atoms in total. The average Bonchev–Trinajstić information content (AvgIpc) is 3.19. The highest BCUT2D eigenvalue weighted by Gasteiger charge is 2.14. The number of carbonyl (C=O) groups excluding carboxylic acids is 2. The SMILES string of the molecule is COc1cc(/C=C/C(=O)OCC(=O)Nc2ccc3c(c2)OCO3)ccc1OC(C)C. The van der Waals surface area contributed by atoms with Crippen molar-refractivity contribution < 1.29 is 33.3 Å². The van der Waals surface area contributed by atoms with Crippen LogP contribution >= 0.6 is 0 Å². The van der Waals surface area contributed by atoms with E-state index in [2.05, 4.69) is 5.32 Å². The van der Waals surface area contributed by atoms with Crippen LogP contribution in [0.5, 0.6) is 23.0 Å². The molecule has 1 aliphatic heterocycles. The van der Waals surface area contributed by atoms with Crippen LogP contribution in [0.2, 0.25) is 0 Å². The number of methoxy groups -OCH3 is 1. The molecule has 0 aliphatic carbocycles. The van der Waals surface area contributed by atoms with Gasteiger partial charge in [-0.1, -0.05) is 6.07 Å². The molecule has 0 unspecified atom stereocenters. The number of carbonyl (C=O) groups is 2. The Morgan fingerprint density at radius 3 is 2.67 bits per heavy atom. The van der Waals surface area contributed by atoms with Gasteiger partial charge in [0.25, 0.3) is 5.91 Å². The largest absolute Gasteiger partial charge is 0.493 e. The lowest BCUT2D eigenvalue weighted by Crippen LogP contribution is -2.20. The maximum Gasteiger partial charge on any atom is 0.331 e. The monoisotopic (exact) mass is 413 g/mol. The van der Waals surface area contributed by atoms with Crippen molar-refractivity contribution in [2.45, 2.75) is 20.0 Å². The molecular weight excluding hydrogens is 390 g/mol. The van der Waals surface area contributed by atoms with Gasteiger partial charge in [-0.05, 0) is 49.8 Å². The molecule has 0 aromatic heterocycles. The third-order valence-electron chi connectivity index (χ3n) is 3.96. The van der Waals surface area contributed by atoms with E-state index in [0.717, 1.165) is 5.56 Å². The predicted octanol–water partition coefficient (Wildman–Crippen LogP) is 3.41. The molecule has 2 aromatic rings. The van der Waals surface area contributed by atoms with Gasteiger partial charge in [-0.2, -0.15) is 0 Å². The lowest BCUT2D eigenvalue weighted by atomic mass is 10.2. The number of esters is 1. The molecule has 0 fully saturated rings. The molecule has 3 rings (SSSR count). The number of benzene rings is 2. The van der Waals surface area contributed by atoms with Gasteiger partial charge in [0, 0.05) is 17.8 Å². The normalized spacial score (nSPS) is 12.1. The number of nitrogens with one attached hydrogen (secondary N) is 1. The molecule has 1 heterocycles. The lowest BCUT2D eigenvalue weighted by molar-refractivity contribution is -0.142. The van der Waals surface area contributed by atoms with E-state index in [-0.39, 0.29) is 12.9 Å². The first-order chi connectivity index (χ1) is 14.4. The first-order valence-corrected chi connectivity index (χ1v) is 9.33. The second-order valence-electron chi connectivity index (χ2n) is 6.63. The van der Waals surface area contributed by atoms with Crippen LogP contribution in [0.1, 0.15) is 19.4 Å². The predicted molar refractivity (Wildman–Crippen MR) is 110 cm³/mol. The molecule has 0 spiro atoms. The van der Waals surface area contributed by atoms with E-state index in [0.29, 0.717) is 28.7 Å². The first-order valence-electron chi connectivity index (χ1n) is 9.33. The third-order valence-corrected chi connectivity index (χ3v) is 3.96. The maximum absolute atomic E-state index is 12.0. The standard InChI is InChI=1S/C22H23NO7/c1-14(2)30-18-7-4-15(10-19(18)26-3)5-9-22(25)27-12-21(24)23-16-6-8-17-20(11-16)29-13-28-17/h4-11,14H,12-13H2,1-3H3,(H,23,24)/b9-5+. The van der Waals surface area contributed by atoms with Gasteiger partial charge in [0.2, 0.25) is 6.79 Å². The van der Waals surface area contributed by atoms with Gasteiger partial charge in [-0.3, -0.25) is 4.79 Å². The first kappa shape index (κ1) is 21.0. The molecule has 30 heavy (non-hydrogen) atoms. The van der Waals surface area contributed by atoms with Gasteiger partial charge in [0.1, 0.15) is 0 Å². The fraction of sp³-hybridized carbons (Fsp3) is 0.273. The molecular formula is C22H23NO7. The van der Waals surface area contributed by atoms with Crippen molar-refractivity contribution in [3.63, 3.8) is 0 Å². The molecule has 158 valence electrons. The Balaban J connectivity index is 1.50. The van der Waals surface area contributed by atoms with Crippen LogP contribution in [0.25, 0.3) is 6.08 Å². The summed E-state index contributed by atoms with van der Waals surface area (Å²) in [6.45, 7) is 3.58. The van der Waals surface area contributed by atoms with Crippen LogP contribution in [0, 0.1) is 0 Å². The minimum Gasteiger partial charge on any atom is -0.493 e. The molecule has 1 aliphatic rings. The number of anilines is 1. The number of rotatable bonds is 8. The zero-order valence-electron chi connectivity index (χ0n) is 17.0. The summed E-state index contributed by atoms with van der Waals surface area (Å²) in [7, 11) is 1.54. The summed E-state index contributed by atoms with van der Waals surface area (Å²) in [4.78, 5) is 23.9. The van der Waals surface area contributed by atoms with E-state index in [9.17, 15) is 9.59 Å². The van der Waals surface area contributed by atoms with Crippen LogP contribution < -0.4 is 24.3 Å². The van der Waals surface area contributed by atoms with E-state index < -0.39 is 18.5 Å². The van der Waals surface area contributed by atoms with E-state index >= 15 is 0 Å². The Hall–Kier alpha value is -3.68. The van der Waals surface area contributed by atoms with Gasteiger partial charge in [-0.25, -0.2) is 4.79 Å². The summed E-state index contributed by atoms with van der Waals surface area (Å²) in [5.74, 6) is 1.23. The molecule has 0 atom stereocenters. The molecule has 2 aromatic carbocycles. The number of hydrogen-bond donors (Lipinski definition) is 1. The van der Waals surface area contributed by atoms with Gasteiger partial charge >= 0.3 is 5.97 Å². The molecule has 0 bridgehead atoms. The van der Waals surface area contributed by atoms with Crippen molar-refractivity contribution in [1.29, 1.82) is 0 Å². The minimum absolute atomic E-state index is 0.0130. The highest BCUT2D eigenvalue weighted by molar-refractivity contribution is 5.94. The smallest absolute Gasteiger partial charge is 0.331 e. The topological polar surface area (TPSA) is 92.3 Å². The van der Waals surface area contributed by atoms with E-state index in [4.69, 9.17) is 23.7 Å². The number of hydrogen-bond acceptors (Lipinski definition) is 7. The number of fused-ring (bicyclic) bond motifs is 1. The van der Waals surface area contributed by atoms with Crippen molar-refractivity contribution >= 4 is 23.6 Å². The van der Waals surface area contributed by atoms with Crippen molar-refractivity contribution in [3.8, 4) is 23.0 Å². The Kier molecular flexibility index (Phi) is 6.79. The van der Waals surface area contributed by atoms with Crippen LogP contribution in [-0.4, -0.2) is 38.5 Å². The van der Waals surface area contributed by atoms with E-state index in [1.165, 1.54) is 6.08 Å². The van der Waals surface area contributed by atoms with Crippen molar-refractivity contribution in [2.24, 2.45) is 0 Å². The quantitative estimate of drug-likeness (QED) is 0.524. The molecule has 8 heteroatoms. The molecule has 0 saturated heterocycles. The summed E-state index contributed by atoms with van der Waals surface area (Å²) in [6.07, 6.45) is 2.82. The van der Waals surface area contributed by atoms with E-state index in [1.807, 2.05) is 13.8 Å². The average molecular weight is 413 g/mol. The van der Waals surface area contributed by atoms with Gasteiger partial charge in [0.15, 0.2) is 29.6 Å². The Morgan fingerprint density at radius 1 is 1.10 bits per heavy atom. The summed E-state index contributed by atoms with van der Waals surface area (Å²) in [5.41, 5.74) is 1.25. The van der Waals surface area contributed by atoms with Crippen LogP contribution in [-0.2, 0) is 14.3 Å². The van der Waals surface area contributed by atoms with E-state index in [1.54, 1.807) is 49.6 Å². The second kappa shape index (κ2) is 9.69. The summed E-state index contributed by atoms with van der Waals surface area (Å²) in [5, 5.41) is 2.63. The highest BCUT2D eigenvalue weighted by atomic mass is 16.7. The molecule has 1 N–H and O–H groups in total. The Morgan fingerprint density at radius 2 is 1.90 bits per heavy atom. The fourth-order valence-electron chi connectivity index (χ4n) is 2.66. The molecule has 0 radical (unpaired) electrons. The fourth-order valence-corrected chi connectivity index (χ4v) is 2.66. The van der Waals surface area contributed by atoms with Crippen molar-refractivity contribution in [1.82, 2.24) is 0 Å². The van der Waals surface area contributed by atoms with Crippen LogP contribution in [0.4, 0.5) is 5.69 Å². The Labute approximate surface area is 174 Å². The maximum atomic E-state index is 12.0. The summed E-state index contributed by atoms with van der Waals surface area (Å²) < 4.78 is 26.4. The van der Waals surface area contributed by atoms with Crippen molar-refractivity contribution in [2.75, 3.05) is 25.8 Å². The van der Waals surface area contributed by atoms with Crippen LogP contribution in [0.3, 0.4) is 0 Å². The summed E-state index contributed by atoms with van der Waals surface area (Å²) in [6, 6.07) is 10.3. The Bertz CT molecular complexity index is 952. The highest BCUT2D eigenvalue weighted by Crippen LogP contribution is 2.34. The second-order valence-corrected chi connectivity index (χ2v) is 6.63. The van der Waals surface area contributed by atoms with Gasteiger partial charge in [0.05, 0.1) is 13.2 Å². The van der Waals surface area contributed by atoms with Crippen molar-refractivity contribution in [3.05, 3.63) is 48.0 Å². The van der Waals surface area contributed by atoms with Gasteiger partial charge < -0.3 is 29.0 Å². The third kappa shape index (κ3) is 5.66. The molecule has 1 amide bonds. The summed E-state index contributed by atoms with van der Waals surface area (Å²) >= 11 is 0. The van der Waals surface area contributed by atoms with Crippen LogP contribution in [0.15, 0.2) is 42.5 Å².